The topological polar surface area (TPSA) is 52.6 Å². The standard InChI is InChI=1S/C21H26ClN5O/c1-16-4-3-9-27(15-16)21(28)19-7-8-20(24-23-19)26-12-10-25(11-13-26)18-6-2-5-17(22)14-18/h2,5-8,14,16H,3-4,9-13,15H2,1H3. The molecule has 2 fully saturated rings. The molecule has 0 saturated carbocycles. The Balaban J connectivity index is 1.36. The van der Waals surface area contributed by atoms with E-state index in [9.17, 15) is 4.79 Å². The van der Waals surface area contributed by atoms with Gasteiger partial charge < -0.3 is 14.7 Å². The second-order valence-electron chi connectivity index (χ2n) is 7.73. The smallest absolute Gasteiger partial charge is 0.274 e. The van der Waals surface area contributed by atoms with Gasteiger partial charge in [0.05, 0.1) is 0 Å². The Morgan fingerprint density at radius 1 is 1.04 bits per heavy atom. The summed E-state index contributed by atoms with van der Waals surface area (Å²) in [6.07, 6.45) is 2.25. The second-order valence-corrected chi connectivity index (χ2v) is 8.17. The first kappa shape index (κ1) is 19.0. The molecule has 28 heavy (non-hydrogen) atoms. The van der Waals surface area contributed by atoms with Crippen LogP contribution in [0.2, 0.25) is 5.02 Å². The maximum absolute atomic E-state index is 12.7. The molecule has 6 nitrogen and oxygen atoms in total. The molecule has 1 unspecified atom stereocenters. The van der Waals surface area contributed by atoms with E-state index < -0.39 is 0 Å². The summed E-state index contributed by atoms with van der Waals surface area (Å²) in [5.41, 5.74) is 1.59. The van der Waals surface area contributed by atoms with Gasteiger partial charge in [0.25, 0.3) is 5.91 Å². The van der Waals surface area contributed by atoms with E-state index in [2.05, 4.69) is 33.0 Å². The summed E-state index contributed by atoms with van der Waals surface area (Å²) in [5, 5.41) is 9.33. The quantitative estimate of drug-likeness (QED) is 0.792. The number of rotatable bonds is 3. The van der Waals surface area contributed by atoms with Gasteiger partial charge in [0, 0.05) is 50.0 Å². The van der Waals surface area contributed by atoms with Gasteiger partial charge in [0.15, 0.2) is 11.5 Å². The number of piperazine rings is 1. The minimum atomic E-state index is -0.00336. The van der Waals surface area contributed by atoms with E-state index in [1.165, 1.54) is 6.42 Å². The highest BCUT2D eigenvalue weighted by molar-refractivity contribution is 6.30. The minimum absolute atomic E-state index is 0.00336. The highest BCUT2D eigenvalue weighted by Crippen LogP contribution is 2.22. The number of aromatic nitrogens is 2. The highest BCUT2D eigenvalue weighted by atomic mass is 35.5. The first-order valence-corrected chi connectivity index (χ1v) is 10.4. The average molecular weight is 400 g/mol. The lowest BCUT2D eigenvalue weighted by Gasteiger charge is -2.36. The van der Waals surface area contributed by atoms with E-state index in [-0.39, 0.29) is 5.91 Å². The second kappa shape index (κ2) is 8.35. The Morgan fingerprint density at radius 2 is 1.82 bits per heavy atom. The van der Waals surface area contributed by atoms with Gasteiger partial charge in [-0.15, -0.1) is 10.2 Å². The molecule has 0 N–H and O–H groups in total. The number of nitrogens with zero attached hydrogens (tertiary/aromatic N) is 5. The summed E-state index contributed by atoms with van der Waals surface area (Å²) >= 11 is 6.11. The van der Waals surface area contributed by atoms with Crippen LogP contribution in [0.1, 0.15) is 30.3 Å². The van der Waals surface area contributed by atoms with E-state index >= 15 is 0 Å². The minimum Gasteiger partial charge on any atom is -0.368 e. The lowest BCUT2D eigenvalue weighted by atomic mass is 10.00. The molecule has 1 aromatic carbocycles. The fourth-order valence-electron chi connectivity index (χ4n) is 4.01. The molecule has 2 aliphatic rings. The summed E-state index contributed by atoms with van der Waals surface area (Å²) in [6.45, 7) is 7.34. The van der Waals surface area contributed by atoms with Crippen LogP contribution in [0.5, 0.6) is 0 Å². The van der Waals surface area contributed by atoms with E-state index in [1.807, 2.05) is 35.2 Å². The van der Waals surface area contributed by atoms with Crippen LogP contribution in [0.4, 0.5) is 11.5 Å². The van der Waals surface area contributed by atoms with Crippen molar-refractivity contribution < 1.29 is 4.79 Å². The normalized spacial score (nSPS) is 20.4. The van der Waals surface area contributed by atoms with Crippen molar-refractivity contribution >= 4 is 29.0 Å². The van der Waals surface area contributed by atoms with E-state index in [1.54, 1.807) is 0 Å². The number of benzene rings is 1. The van der Waals surface area contributed by atoms with Crippen LogP contribution in [0.3, 0.4) is 0 Å². The molecule has 3 heterocycles. The van der Waals surface area contributed by atoms with Gasteiger partial charge in [-0.2, -0.15) is 0 Å². The molecule has 0 bridgehead atoms. The average Bonchev–Trinajstić information content (AvgIpc) is 2.73. The Labute approximate surface area is 171 Å². The van der Waals surface area contributed by atoms with Crippen LogP contribution in [0.15, 0.2) is 36.4 Å². The zero-order valence-electron chi connectivity index (χ0n) is 16.2. The number of hydrogen-bond acceptors (Lipinski definition) is 5. The predicted molar refractivity (Wildman–Crippen MR) is 112 cm³/mol. The third-order valence-corrected chi connectivity index (χ3v) is 5.83. The lowest BCUT2D eigenvalue weighted by Crippen LogP contribution is -2.47. The van der Waals surface area contributed by atoms with Crippen LogP contribution in [-0.4, -0.2) is 60.3 Å². The molecular weight excluding hydrogens is 374 g/mol. The lowest BCUT2D eigenvalue weighted by molar-refractivity contribution is 0.0676. The molecule has 0 spiro atoms. The molecular formula is C21H26ClN5O. The number of amides is 1. The van der Waals surface area contributed by atoms with Crippen molar-refractivity contribution in [2.75, 3.05) is 49.1 Å². The Morgan fingerprint density at radius 3 is 2.50 bits per heavy atom. The van der Waals surface area contributed by atoms with Gasteiger partial charge in [-0.05, 0) is 49.1 Å². The summed E-state index contributed by atoms with van der Waals surface area (Å²) in [6, 6.07) is 11.7. The van der Waals surface area contributed by atoms with Crippen molar-refractivity contribution in [1.82, 2.24) is 15.1 Å². The predicted octanol–water partition coefficient (Wildman–Crippen LogP) is 3.33. The molecule has 4 rings (SSSR count). The highest BCUT2D eigenvalue weighted by Gasteiger charge is 2.24. The number of halogens is 1. The van der Waals surface area contributed by atoms with Crippen LogP contribution < -0.4 is 9.80 Å². The molecule has 0 aliphatic carbocycles. The number of carbonyl (C=O) groups is 1. The molecule has 7 heteroatoms. The van der Waals surface area contributed by atoms with E-state index in [4.69, 9.17) is 11.6 Å². The van der Waals surface area contributed by atoms with Crippen molar-refractivity contribution in [2.45, 2.75) is 19.8 Å². The van der Waals surface area contributed by atoms with Crippen molar-refractivity contribution in [2.24, 2.45) is 5.92 Å². The van der Waals surface area contributed by atoms with E-state index in [0.29, 0.717) is 11.6 Å². The summed E-state index contributed by atoms with van der Waals surface area (Å²) in [4.78, 5) is 19.1. The van der Waals surface area contributed by atoms with Gasteiger partial charge in [-0.1, -0.05) is 24.6 Å². The van der Waals surface area contributed by atoms with Crippen LogP contribution in [0, 0.1) is 5.92 Å². The van der Waals surface area contributed by atoms with Crippen LogP contribution in [0.25, 0.3) is 0 Å². The summed E-state index contributed by atoms with van der Waals surface area (Å²) in [7, 11) is 0. The van der Waals surface area contributed by atoms with Crippen molar-refractivity contribution in [3.63, 3.8) is 0 Å². The van der Waals surface area contributed by atoms with Gasteiger partial charge in [-0.25, -0.2) is 0 Å². The monoisotopic (exact) mass is 399 g/mol. The van der Waals surface area contributed by atoms with Gasteiger partial charge >= 0.3 is 0 Å². The maximum atomic E-state index is 12.7. The molecule has 2 aromatic rings. The summed E-state index contributed by atoms with van der Waals surface area (Å²) in [5.74, 6) is 1.38. The van der Waals surface area contributed by atoms with Crippen LogP contribution >= 0.6 is 11.6 Å². The number of piperidine rings is 1. The number of hydrogen-bond donors (Lipinski definition) is 0. The van der Waals surface area contributed by atoms with Crippen molar-refractivity contribution in [1.29, 1.82) is 0 Å². The zero-order valence-corrected chi connectivity index (χ0v) is 17.0. The Hall–Kier alpha value is -2.34. The van der Waals surface area contributed by atoms with Crippen molar-refractivity contribution in [3.8, 4) is 0 Å². The fraction of sp³-hybridized carbons (Fsp3) is 0.476. The zero-order chi connectivity index (χ0) is 19.5. The summed E-state index contributed by atoms with van der Waals surface area (Å²) < 4.78 is 0. The van der Waals surface area contributed by atoms with Gasteiger partial charge in [0.1, 0.15) is 0 Å². The first-order chi connectivity index (χ1) is 13.6. The molecule has 0 radical (unpaired) electrons. The van der Waals surface area contributed by atoms with Crippen LogP contribution in [-0.2, 0) is 0 Å². The molecule has 2 aliphatic heterocycles. The third-order valence-electron chi connectivity index (χ3n) is 5.59. The first-order valence-electron chi connectivity index (χ1n) is 9.98. The Bertz CT molecular complexity index is 820. The Kier molecular flexibility index (Phi) is 5.67. The van der Waals surface area contributed by atoms with Crippen molar-refractivity contribution in [3.05, 3.63) is 47.1 Å². The molecule has 1 amide bonds. The number of likely N-dealkylation sites (tertiary alicyclic amines) is 1. The molecule has 1 aromatic heterocycles. The number of carbonyl (C=O) groups excluding carboxylic acids is 1. The number of anilines is 2. The SMILES string of the molecule is CC1CCCN(C(=O)c2ccc(N3CCN(c4cccc(Cl)c4)CC3)nn2)C1. The molecule has 148 valence electrons. The molecule has 1 atom stereocenters. The van der Waals surface area contributed by atoms with Gasteiger partial charge in [-0.3, -0.25) is 4.79 Å². The largest absolute Gasteiger partial charge is 0.368 e. The maximum Gasteiger partial charge on any atom is 0.274 e. The van der Waals surface area contributed by atoms with Gasteiger partial charge in [0.2, 0.25) is 0 Å². The van der Waals surface area contributed by atoms with E-state index in [0.717, 1.165) is 62.2 Å². The fourth-order valence-corrected chi connectivity index (χ4v) is 4.19. The molecule has 2 saturated heterocycles. The third kappa shape index (κ3) is 4.22.